The number of hydrogen-bond donors (Lipinski definition) is 0. The van der Waals surface area contributed by atoms with Crippen molar-refractivity contribution in [1.82, 2.24) is 4.73 Å². The number of rotatable bonds is 8. The van der Waals surface area contributed by atoms with Crippen molar-refractivity contribution in [2.75, 3.05) is 6.61 Å². The molecule has 0 aliphatic heterocycles. The van der Waals surface area contributed by atoms with Gasteiger partial charge in [0, 0.05) is 0 Å². The van der Waals surface area contributed by atoms with E-state index in [0.717, 1.165) is 25.1 Å². The van der Waals surface area contributed by atoms with Crippen LogP contribution in [0.5, 0.6) is 0 Å². The quantitative estimate of drug-likeness (QED) is 0.408. The fraction of sp³-hybridized carbons (Fsp3) is 0.500. The van der Waals surface area contributed by atoms with Crippen LogP contribution in [-0.2, 0) is 16.7 Å². The van der Waals surface area contributed by atoms with Gasteiger partial charge in [-0.1, -0.05) is 49.1 Å². The van der Waals surface area contributed by atoms with Gasteiger partial charge in [-0.05, 0) is 31.9 Å². The first-order valence-corrected chi connectivity index (χ1v) is 10.0. The standard InChI is InChI=1S/C11H21N2O.C7H8O3S/c1-3-5-7-12-8-9-13(11-12)14-10-6-4-2;1-6-2-4-7(5-3-6)11(8,9)10/h8-9,11H,3-7,10H2,1-2H3;2-5H,1H3,(H,8,9,10)/q+1;/p-1. The minimum atomic E-state index is -4.27. The maximum absolute atomic E-state index is 10.4. The van der Waals surface area contributed by atoms with Gasteiger partial charge < -0.3 is 9.39 Å². The zero-order chi connectivity index (χ0) is 18.7. The van der Waals surface area contributed by atoms with Crippen LogP contribution in [0.25, 0.3) is 0 Å². The largest absolute Gasteiger partial charge is 0.744 e. The number of imidazole rings is 1. The van der Waals surface area contributed by atoms with E-state index >= 15 is 0 Å². The van der Waals surface area contributed by atoms with Gasteiger partial charge in [-0.3, -0.25) is 0 Å². The van der Waals surface area contributed by atoms with Crippen LogP contribution in [-0.4, -0.2) is 24.3 Å². The second kappa shape index (κ2) is 10.9. The molecule has 0 radical (unpaired) electrons. The van der Waals surface area contributed by atoms with Gasteiger partial charge in [0.25, 0.3) is 6.33 Å². The van der Waals surface area contributed by atoms with E-state index in [0.29, 0.717) is 0 Å². The van der Waals surface area contributed by atoms with Gasteiger partial charge in [-0.15, -0.1) is 0 Å². The first-order chi connectivity index (χ1) is 11.9. The summed E-state index contributed by atoms with van der Waals surface area (Å²) in [5.74, 6) is 0. The van der Waals surface area contributed by atoms with E-state index in [1.807, 2.05) is 19.4 Å². The molecular weight excluding hydrogens is 340 g/mol. The molecule has 140 valence electrons. The molecule has 1 aromatic carbocycles. The van der Waals surface area contributed by atoms with E-state index in [1.54, 1.807) is 16.9 Å². The third-order valence-corrected chi connectivity index (χ3v) is 4.33. The van der Waals surface area contributed by atoms with E-state index in [4.69, 9.17) is 4.84 Å². The molecule has 2 aromatic rings. The second-order valence-electron chi connectivity index (χ2n) is 5.82. The molecule has 0 N–H and O–H groups in total. The maximum Gasteiger partial charge on any atom is 0.284 e. The summed E-state index contributed by atoms with van der Waals surface area (Å²) in [6, 6.07) is 5.78. The van der Waals surface area contributed by atoms with Gasteiger partial charge in [0.1, 0.15) is 22.9 Å². The van der Waals surface area contributed by atoms with Crippen LogP contribution in [0.4, 0.5) is 0 Å². The Kier molecular flexibility index (Phi) is 9.23. The number of unbranched alkanes of at least 4 members (excludes halogenated alkanes) is 2. The molecule has 0 atom stereocenters. The van der Waals surface area contributed by atoms with Crippen LogP contribution >= 0.6 is 0 Å². The third kappa shape index (κ3) is 8.69. The van der Waals surface area contributed by atoms with E-state index in [9.17, 15) is 13.0 Å². The lowest BCUT2D eigenvalue weighted by atomic mass is 10.2. The van der Waals surface area contributed by atoms with Crippen molar-refractivity contribution in [3.05, 3.63) is 48.5 Å². The molecule has 25 heavy (non-hydrogen) atoms. The van der Waals surface area contributed by atoms with E-state index < -0.39 is 10.1 Å². The van der Waals surface area contributed by atoms with Crippen LogP contribution in [0, 0.1) is 6.92 Å². The summed E-state index contributed by atoms with van der Waals surface area (Å²) in [6.45, 7) is 8.08. The van der Waals surface area contributed by atoms with Crippen molar-refractivity contribution < 1.29 is 22.4 Å². The summed E-state index contributed by atoms with van der Waals surface area (Å²) in [7, 11) is -4.27. The predicted molar refractivity (Wildman–Crippen MR) is 95.0 cm³/mol. The fourth-order valence-electron chi connectivity index (χ4n) is 1.94. The van der Waals surface area contributed by atoms with Crippen LogP contribution in [0.2, 0.25) is 0 Å². The highest BCUT2D eigenvalue weighted by atomic mass is 32.2. The number of benzene rings is 1. The average molecular weight is 368 g/mol. The summed E-state index contributed by atoms with van der Waals surface area (Å²) in [5.41, 5.74) is 0.928. The fourth-order valence-corrected chi connectivity index (χ4v) is 2.41. The van der Waals surface area contributed by atoms with Crippen LogP contribution in [0.3, 0.4) is 0 Å². The molecule has 6 nitrogen and oxygen atoms in total. The van der Waals surface area contributed by atoms with Gasteiger partial charge in [-0.25, -0.2) is 13.0 Å². The highest BCUT2D eigenvalue weighted by Crippen LogP contribution is 2.08. The number of hydrogen-bond acceptors (Lipinski definition) is 4. The molecule has 1 aromatic heterocycles. The molecule has 0 unspecified atom stereocenters. The molecule has 0 amide bonds. The topological polar surface area (TPSA) is 75.2 Å². The molecule has 0 saturated carbocycles. The lowest BCUT2D eigenvalue weighted by Crippen LogP contribution is -2.31. The Hall–Kier alpha value is -1.86. The SMILES string of the molecule is CCCCOn1cc[n+](CCCC)c1.Cc1ccc(S(=O)(=O)[O-])cc1. The summed E-state index contributed by atoms with van der Waals surface area (Å²) in [4.78, 5) is 5.33. The van der Waals surface area contributed by atoms with Crippen molar-refractivity contribution in [2.24, 2.45) is 0 Å². The molecule has 1 heterocycles. The Morgan fingerprint density at radius 3 is 2.32 bits per heavy atom. The molecular formula is C18H28N2O4S. The van der Waals surface area contributed by atoms with Crippen molar-refractivity contribution in [2.45, 2.75) is 57.9 Å². The minimum absolute atomic E-state index is 0.178. The Labute approximate surface area is 150 Å². The molecule has 0 aliphatic carbocycles. The average Bonchev–Trinajstić information content (AvgIpc) is 3.01. The molecule has 7 heteroatoms. The summed E-state index contributed by atoms with van der Waals surface area (Å²) in [6.07, 6.45) is 10.8. The summed E-state index contributed by atoms with van der Waals surface area (Å²) < 4.78 is 35.1. The third-order valence-electron chi connectivity index (χ3n) is 3.48. The normalized spacial score (nSPS) is 10.9. The minimum Gasteiger partial charge on any atom is -0.744 e. The molecule has 0 aliphatic rings. The first-order valence-electron chi connectivity index (χ1n) is 8.59. The van der Waals surface area contributed by atoms with Gasteiger partial charge >= 0.3 is 0 Å². The summed E-state index contributed by atoms with van der Waals surface area (Å²) >= 11 is 0. The van der Waals surface area contributed by atoms with Crippen molar-refractivity contribution in [3.8, 4) is 0 Å². The number of aromatic nitrogens is 2. The molecule has 0 spiro atoms. The highest BCUT2D eigenvalue weighted by Gasteiger charge is 2.03. The lowest BCUT2D eigenvalue weighted by molar-refractivity contribution is -0.697. The van der Waals surface area contributed by atoms with Gasteiger partial charge in [0.15, 0.2) is 6.20 Å². The van der Waals surface area contributed by atoms with Crippen LogP contribution < -0.4 is 9.40 Å². The van der Waals surface area contributed by atoms with E-state index in [-0.39, 0.29) is 4.90 Å². The first kappa shape index (κ1) is 21.2. The monoisotopic (exact) mass is 368 g/mol. The van der Waals surface area contributed by atoms with Gasteiger partial charge in [0.05, 0.1) is 11.4 Å². The van der Waals surface area contributed by atoms with Crippen LogP contribution in [0.15, 0.2) is 47.9 Å². The Balaban J connectivity index is 0.000000257. The van der Waals surface area contributed by atoms with Crippen LogP contribution in [0.1, 0.15) is 45.1 Å². The van der Waals surface area contributed by atoms with Gasteiger partial charge in [0.2, 0.25) is 0 Å². The molecule has 0 bridgehead atoms. The smallest absolute Gasteiger partial charge is 0.284 e. The molecule has 0 saturated heterocycles. The molecule has 0 fully saturated rings. The van der Waals surface area contributed by atoms with E-state index in [1.165, 1.54) is 31.4 Å². The van der Waals surface area contributed by atoms with Crippen molar-refractivity contribution >= 4 is 10.1 Å². The Bertz CT molecular complexity index is 709. The Morgan fingerprint density at radius 1 is 1.12 bits per heavy atom. The maximum atomic E-state index is 10.4. The van der Waals surface area contributed by atoms with Crippen molar-refractivity contribution in [1.29, 1.82) is 0 Å². The molecule has 2 rings (SSSR count). The lowest BCUT2D eigenvalue weighted by Gasteiger charge is -2.05. The van der Waals surface area contributed by atoms with E-state index in [2.05, 4.69) is 24.6 Å². The second-order valence-corrected chi connectivity index (χ2v) is 7.20. The number of aryl methyl sites for hydroxylation is 2. The van der Waals surface area contributed by atoms with Gasteiger partial charge in [-0.2, -0.15) is 0 Å². The zero-order valence-corrected chi connectivity index (χ0v) is 16.0. The number of nitrogens with zero attached hydrogens (tertiary/aromatic N) is 2. The Morgan fingerprint density at radius 2 is 1.76 bits per heavy atom. The predicted octanol–water partition coefficient (Wildman–Crippen LogP) is 2.70. The highest BCUT2D eigenvalue weighted by molar-refractivity contribution is 7.85. The summed E-state index contributed by atoms with van der Waals surface area (Å²) in [5, 5.41) is 0. The van der Waals surface area contributed by atoms with Crippen molar-refractivity contribution in [3.63, 3.8) is 0 Å². The zero-order valence-electron chi connectivity index (χ0n) is 15.2.